The number of aryl methyl sites for hydroxylation is 1. The number of hydrogen-bond acceptors (Lipinski definition) is 3. The molecule has 2 nitrogen and oxygen atoms in total. The first-order valence-corrected chi connectivity index (χ1v) is 6.10. The smallest absolute Gasteiger partial charge is 0.0645 e. The van der Waals surface area contributed by atoms with Crippen molar-refractivity contribution in [1.82, 2.24) is 4.90 Å². The van der Waals surface area contributed by atoms with Crippen molar-refractivity contribution in [3.05, 3.63) is 21.4 Å². The normalized spacial score (nSPS) is 23.2. The summed E-state index contributed by atoms with van der Waals surface area (Å²) in [4.78, 5) is 4.16. The van der Waals surface area contributed by atoms with Crippen molar-refractivity contribution in [2.45, 2.75) is 25.9 Å². The number of nitrogens with zero attached hydrogens (tertiary/aromatic N) is 1. The fourth-order valence-electron chi connectivity index (χ4n) is 2.26. The minimum atomic E-state index is 0.700. The average Bonchev–Trinajstić information content (AvgIpc) is 2.45. The summed E-state index contributed by atoms with van der Waals surface area (Å²) in [7, 11) is 0. The molecular formula is C11H15NOS. The molecule has 3 heteroatoms. The van der Waals surface area contributed by atoms with Crippen molar-refractivity contribution in [2.24, 2.45) is 0 Å². The van der Waals surface area contributed by atoms with Gasteiger partial charge in [0.05, 0.1) is 19.3 Å². The molecule has 2 aliphatic heterocycles. The van der Waals surface area contributed by atoms with Crippen LogP contribution in [0.15, 0.2) is 5.38 Å². The molecule has 0 unspecified atom stereocenters. The number of ether oxygens (including phenoxy) is 1. The van der Waals surface area contributed by atoms with E-state index in [1.54, 1.807) is 10.4 Å². The summed E-state index contributed by atoms with van der Waals surface area (Å²) < 4.78 is 5.24. The molecule has 3 heterocycles. The maximum atomic E-state index is 5.24. The first-order valence-electron chi connectivity index (χ1n) is 5.22. The highest BCUT2D eigenvalue weighted by atomic mass is 32.1. The van der Waals surface area contributed by atoms with E-state index in [0.29, 0.717) is 6.04 Å². The van der Waals surface area contributed by atoms with Crippen molar-refractivity contribution in [3.63, 3.8) is 0 Å². The van der Waals surface area contributed by atoms with E-state index in [1.807, 2.05) is 11.3 Å². The van der Waals surface area contributed by atoms with E-state index in [4.69, 9.17) is 4.74 Å². The van der Waals surface area contributed by atoms with E-state index < -0.39 is 0 Å². The van der Waals surface area contributed by atoms with E-state index in [2.05, 4.69) is 17.2 Å². The lowest BCUT2D eigenvalue weighted by Crippen LogP contribution is -2.50. The first-order chi connectivity index (χ1) is 6.84. The largest absolute Gasteiger partial charge is 0.378 e. The SMILES string of the molecule is Cc1csc2c1CCN(C1COC1)C2. The van der Waals surface area contributed by atoms with Crippen LogP contribution in [-0.2, 0) is 17.7 Å². The van der Waals surface area contributed by atoms with Crippen molar-refractivity contribution >= 4 is 11.3 Å². The molecule has 2 aliphatic rings. The van der Waals surface area contributed by atoms with Gasteiger partial charge in [0.15, 0.2) is 0 Å². The molecular weight excluding hydrogens is 194 g/mol. The minimum Gasteiger partial charge on any atom is -0.378 e. The monoisotopic (exact) mass is 209 g/mol. The lowest BCUT2D eigenvalue weighted by Gasteiger charge is -2.39. The van der Waals surface area contributed by atoms with Crippen LogP contribution in [0.2, 0.25) is 0 Å². The summed E-state index contributed by atoms with van der Waals surface area (Å²) >= 11 is 1.93. The number of thiophene rings is 1. The Morgan fingerprint density at radius 3 is 3.07 bits per heavy atom. The second kappa shape index (κ2) is 3.33. The molecule has 1 fully saturated rings. The molecule has 1 aromatic heterocycles. The van der Waals surface area contributed by atoms with E-state index in [-0.39, 0.29) is 0 Å². The zero-order valence-corrected chi connectivity index (χ0v) is 9.27. The van der Waals surface area contributed by atoms with E-state index in [1.165, 1.54) is 18.5 Å². The predicted molar refractivity (Wildman–Crippen MR) is 57.8 cm³/mol. The Bertz CT molecular complexity index is 343. The Labute approximate surface area is 88.5 Å². The Morgan fingerprint density at radius 2 is 2.36 bits per heavy atom. The zero-order chi connectivity index (χ0) is 9.54. The van der Waals surface area contributed by atoms with Crippen LogP contribution in [0.25, 0.3) is 0 Å². The quantitative estimate of drug-likeness (QED) is 0.699. The van der Waals surface area contributed by atoms with Crippen LogP contribution in [-0.4, -0.2) is 30.7 Å². The van der Waals surface area contributed by atoms with Gasteiger partial charge in [-0.1, -0.05) is 0 Å². The van der Waals surface area contributed by atoms with Crippen molar-refractivity contribution in [3.8, 4) is 0 Å². The third-order valence-electron chi connectivity index (χ3n) is 3.32. The van der Waals surface area contributed by atoms with Crippen LogP contribution in [0, 0.1) is 6.92 Å². The fraction of sp³-hybridized carbons (Fsp3) is 0.636. The molecule has 0 N–H and O–H groups in total. The predicted octanol–water partition coefficient (Wildman–Crippen LogP) is 1.81. The molecule has 76 valence electrons. The Hall–Kier alpha value is -0.380. The second-order valence-electron chi connectivity index (χ2n) is 4.23. The lowest BCUT2D eigenvalue weighted by molar-refractivity contribution is -0.0691. The number of fused-ring (bicyclic) bond motifs is 1. The van der Waals surface area contributed by atoms with Gasteiger partial charge in [-0.3, -0.25) is 4.90 Å². The highest BCUT2D eigenvalue weighted by Gasteiger charge is 2.29. The summed E-state index contributed by atoms with van der Waals surface area (Å²) in [6, 6.07) is 0.700. The molecule has 1 aromatic rings. The second-order valence-corrected chi connectivity index (χ2v) is 5.20. The van der Waals surface area contributed by atoms with Gasteiger partial charge in [-0.25, -0.2) is 0 Å². The third kappa shape index (κ3) is 1.31. The zero-order valence-electron chi connectivity index (χ0n) is 8.45. The number of hydrogen-bond donors (Lipinski definition) is 0. The maximum Gasteiger partial charge on any atom is 0.0645 e. The van der Waals surface area contributed by atoms with Crippen molar-refractivity contribution < 1.29 is 4.74 Å². The summed E-state index contributed by atoms with van der Waals surface area (Å²) in [6.07, 6.45) is 1.24. The van der Waals surface area contributed by atoms with E-state index >= 15 is 0 Å². The van der Waals surface area contributed by atoms with Crippen LogP contribution < -0.4 is 0 Å². The molecule has 0 amide bonds. The highest BCUT2D eigenvalue weighted by molar-refractivity contribution is 7.10. The van der Waals surface area contributed by atoms with Crippen LogP contribution in [0.1, 0.15) is 16.0 Å². The molecule has 0 atom stereocenters. The van der Waals surface area contributed by atoms with Gasteiger partial charge in [0.2, 0.25) is 0 Å². The summed E-state index contributed by atoms with van der Waals surface area (Å²) in [5.74, 6) is 0. The van der Waals surface area contributed by atoms with Gasteiger partial charge in [-0.05, 0) is 29.9 Å². The summed E-state index contributed by atoms with van der Waals surface area (Å²) in [6.45, 7) is 6.50. The Kier molecular flexibility index (Phi) is 2.11. The van der Waals surface area contributed by atoms with Gasteiger partial charge in [-0.15, -0.1) is 11.3 Å². The molecule has 0 bridgehead atoms. The summed E-state index contributed by atoms with van der Waals surface area (Å²) in [5, 5.41) is 2.30. The van der Waals surface area contributed by atoms with Crippen LogP contribution in [0.5, 0.6) is 0 Å². The molecule has 3 rings (SSSR count). The Balaban J connectivity index is 1.79. The van der Waals surface area contributed by atoms with Crippen LogP contribution in [0.4, 0.5) is 0 Å². The molecule has 0 saturated carbocycles. The van der Waals surface area contributed by atoms with Crippen molar-refractivity contribution in [1.29, 1.82) is 0 Å². The standard InChI is InChI=1S/C11H15NOS/c1-8-7-14-11-4-12(3-2-10(8)11)9-5-13-6-9/h7,9H,2-6H2,1H3. The first kappa shape index (κ1) is 8.89. The maximum absolute atomic E-state index is 5.24. The van der Waals surface area contributed by atoms with Gasteiger partial charge < -0.3 is 4.74 Å². The number of rotatable bonds is 1. The molecule has 0 radical (unpaired) electrons. The highest BCUT2D eigenvalue weighted by Crippen LogP contribution is 2.29. The van der Waals surface area contributed by atoms with Crippen molar-refractivity contribution in [2.75, 3.05) is 19.8 Å². The molecule has 0 aromatic carbocycles. The van der Waals surface area contributed by atoms with Crippen LogP contribution >= 0.6 is 11.3 Å². The van der Waals surface area contributed by atoms with Gasteiger partial charge >= 0.3 is 0 Å². The lowest BCUT2D eigenvalue weighted by atomic mass is 10.0. The molecule has 0 aliphatic carbocycles. The minimum absolute atomic E-state index is 0.700. The molecule has 1 saturated heterocycles. The molecule has 14 heavy (non-hydrogen) atoms. The van der Waals surface area contributed by atoms with Crippen LogP contribution in [0.3, 0.4) is 0 Å². The van der Waals surface area contributed by atoms with Gasteiger partial charge in [0.1, 0.15) is 0 Å². The topological polar surface area (TPSA) is 12.5 Å². The Morgan fingerprint density at radius 1 is 1.50 bits per heavy atom. The summed E-state index contributed by atoms with van der Waals surface area (Å²) in [5.41, 5.74) is 3.11. The van der Waals surface area contributed by atoms with E-state index in [9.17, 15) is 0 Å². The third-order valence-corrected chi connectivity index (χ3v) is 4.45. The van der Waals surface area contributed by atoms with Gasteiger partial charge in [-0.2, -0.15) is 0 Å². The van der Waals surface area contributed by atoms with E-state index in [0.717, 1.165) is 19.8 Å². The average molecular weight is 209 g/mol. The fourth-order valence-corrected chi connectivity index (χ4v) is 3.36. The van der Waals surface area contributed by atoms with Gasteiger partial charge in [0, 0.05) is 18.0 Å². The molecule has 0 spiro atoms. The van der Waals surface area contributed by atoms with Gasteiger partial charge in [0.25, 0.3) is 0 Å².